The highest BCUT2D eigenvalue weighted by molar-refractivity contribution is 5.94. The summed E-state index contributed by atoms with van der Waals surface area (Å²) in [5.74, 6) is 0. The minimum Gasteiger partial charge on any atom is -0.351 e. The third-order valence-corrected chi connectivity index (χ3v) is 2.31. The predicted molar refractivity (Wildman–Crippen MR) is 61.4 cm³/mol. The van der Waals surface area contributed by atoms with E-state index in [-0.39, 0.29) is 0 Å². The van der Waals surface area contributed by atoms with Crippen molar-refractivity contribution in [2.75, 3.05) is 4.90 Å². The van der Waals surface area contributed by atoms with E-state index < -0.39 is 6.03 Å². The van der Waals surface area contributed by atoms with Crippen molar-refractivity contribution in [2.24, 2.45) is 5.73 Å². The van der Waals surface area contributed by atoms with Crippen LogP contribution in [0, 0.1) is 7.05 Å². The highest BCUT2D eigenvalue weighted by Gasteiger charge is 2.06. The van der Waals surface area contributed by atoms with Crippen LogP contribution in [0.2, 0.25) is 0 Å². The average Bonchev–Trinajstić information content (AvgIpc) is 2.27. The quantitative estimate of drug-likeness (QED) is 0.753. The number of amides is 2. The summed E-state index contributed by atoms with van der Waals surface area (Å²) in [6, 6.07) is 13.0. The molecule has 2 N–H and O–H groups in total. The molecule has 0 aromatic heterocycles. The molecule has 2 rings (SSSR count). The van der Waals surface area contributed by atoms with Crippen molar-refractivity contribution in [3.05, 3.63) is 49.5 Å². The maximum absolute atomic E-state index is 10.9. The number of nitrogens with zero attached hydrogens (tertiary/aromatic N) is 1. The van der Waals surface area contributed by atoms with Crippen LogP contribution in [-0.2, 0) is 0 Å². The van der Waals surface area contributed by atoms with Gasteiger partial charge in [0.2, 0.25) is 0 Å². The van der Waals surface area contributed by atoms with Gasteiger partial charge in [-0.05, 0) is 22.9 Å². The number of carbonyl (C=O) groups excluding carboxylic acids is 1. The third-order valence-electron chi connectivity index (χ3n) is 2.31. The average molecular weight is 199 g/mol. The van der Waals surface area contributed by atoms with E-state index in [1.165, 1.54) is 4.90 Å². The lowest BCUT2D eigenvalue weighted by Gasteiger charge is -2.14. The van der Waals surface area contributed by atoms with Gasteiger partial charge in [-0.3, -0.25) is 4.90 Å². The van der Waals surface area contributed by atoms with E-state index in [1.54, 1.807) is 0 Å². The van der Waals surface area contributed by atoms with E-state index >= 15 is 0 Å². The van der Waals surface area contributed by atoms with Gasteiger partial charge >= 0.3 is 6.03 Å². The van der Waals surface area contributed by atoms with Crippen LogP contribution in [0.1, 0.15) is 0 Å². The standard InChI is InChI=1S/C12H11N2O/c1-14(12(13)15)11-7-6-9-4-2-3-5-10(9)8-11/h2-8H,1H2,(H2,13,15). The molecule has 2 aromatic rings. The van der Waals surface area contributed by atoms with Gasteiger partial charge in [0.15, 0.2) is 0 Å². The smallest absolute Gasteiger partial charge is 0.319 e. The maximum atomic E-state index is 10.9. The Balaban J connectivity index is 2.51. The third kappa shape index (κ3) is 1.76. The van der Waals surface area contributed by atoms with E-state index in [4.69, 9.17) is 5.73 Å². The van der Waals surface area contributed by atoms with Gasteiger partial charge in [-0.2, -0.15) is 0 Å². The first-order valence-electron chi connectivity index (χ1n) is 4.57. The van der Waals surface area contributed by atoms with Crippen LogP contribution < -0.4 is 10.6 Å². The first-order valence-corrected chi connectivity index (χ1v) is 4.57. The van der Waals surface area contributed by atoms with Gasteiger partial charge < -0.3 is 5.73 Å². The Morgan fingerprint density at radius 1 is 1.13 bits per heavy atom. The van der Waals surface area contributed by atoms with Gasteiger partial charge in [-0.25, -0.2) is 4.79 Å². The zero-order valence-corrected chi connectivity index (χ0v) is 8.18. The largest absolute Gasteiger partial charge is 0.351 e. The molecule has 2 amide bonds. The number of nitrogens with two attached hydrogens (primary N) is 1. The van der Waals surface area contributed by atoms with Crippen molar-refractivity contribution in [3.8, 4) is 0 Å². The number of carbonyl (C=O) groups is 1. The lowest BCUT2D eigenvalue weighted by Crippen LogP contribution is -2.29. The summed E-state index contributed by atoms with van der Waals surface area (Å²) in [5, 5.41) is 2.18. The normalized spacial score (nSPS) is 10.2. The molecule has 15 heavy (non-hydrogen) atoms. The highest BCUT2D eigenvalue weighted by atomic mass is 16.2. The second-order valence-electron chi connectivity index (χ2n) is 3.30. The molecule has 0 heterocycles. The lowest BCUT2D eigenvalue weighted by atomic mass is 10.1. The first-order chi connectivity index (χ1) is 7.18. The molecule has 3 heteroatoms. The Hall–Kier alpha value is -2.03. The number of fused-ring (bicyclic) bond motifs is 1. The molecule has 0 bridgehead atoms. The van der Waals surface area contributed by atoms with Gasteiger partial charge in [-0.15, -0.1) is 0 Å². The predicted octanol–water partition coefficient (Wildman–Crippen LogP) is 2.52. The van der Waals surface area contributed by atoms with Crippen LogP contribution in [0.5, 0.6) is 0 Å². The fourth-order valence-electron chi connectivity index (χ4n) is 1.47. The van der Waals surface area contributed by atoms with Crippen LogP contribution in [0.25, 0.3) is 10.8 Å². The summed E-state index contributed by atoms with van der Waals surface area (Å²) in [7, 11) is 3.57. The molecule has 0 aliphatic rings. The summed E-state index contributed by atoms with van der Waals surface area (Å²) in [5.41, 5.74) is 5.83. The summed E-state index contributed by atoms with van der Waals surface area (Å²) >= 11 is 0. The second kappa shape index (κ2) is 3.61. The van der Waals surface area contributed by atoms with E-state index in [1.807, 2.05) is 42.5 Å². The number of hydrogen-bond donors (Lipinski definition) is 1. The van der Waals surface area contributed by atoms with Crippen molar-refractivity contribution in [3.63, 3.8) is 0 Å². The zero-order chi connectivity index (χ0) is 10.8. The van der Waals surface area contributed by atoms with E-state index in [0.29, 0.717) is 5.69 Å². The molecule has 75 valence electrons. The topological polar surface area (TPSA) is 46.3 Å². The van der Waals surface area contributed by atoms with Gasteiger partial charge in [0.25, 0.3) is 0 Å². The number of primary amides is 1. The van der Waals surface area contributed by atoms with Crippen LogP contribution in [0.3, 0.4) is 0 Å². The molecule has 0 fully saturated rings. The van der Waals surface area contributed by atoms with Crippen LogP contribution in [0.4, 0.5) is 10.5 Å². The molecule has 3 nitrogen and oxygen atoms in total. The van der Waals surface area contributed by atoms with Crippen molar-refractivity contribution >= 4 is 22.5 Å². The highest BCUT2D eigenvalue weighted by Crippen LogP contribution is 2.21. The first kappa shape index (κ1) is 9.52. The molecule has 0 aliphatic heterocycles. The number of rotatable bonds is 1. The molecule has 0 atom stereocenters. The molecular weight excluding hydrogens is 188 g/mol. The van der Waals surface area contributed by atoms with E-state index in [0.717, 1.165) is 10.8 Å². The van der Waals surface area contributed by atoms with Crippen LogP contribution in [-0.4, -0.2) is 6.03 Å². The number of benzene rings is 2. The Kier molecular flexibility index (Phi) is 2.29. The number of hydrogen-bond acceptors (Lipinski definition) is 1. The molecule has 1 radical (unpaired) electrons. The monoisotopic (exact) mass is 199 g/mol. The summed E-state index contributed by atoms with van der Waals surface area (Å²) in [6.07, 6.45) is 0. The van der Waals surface area contributed by atoms with Gasteiger partial charge in [0.05, 0.1) is 0 Å². The minimum atomic E-state index is -0.565. The molecular formula is C12H11N2O. The minimum absolute atomic E-state index is 0.565. The van der Waals surface area contributed by atoms with Gasteiger partial charge in [0, 0.05) is 12.7 Å². The molecule has 0 unspecified atom stereocenters. The fourth-order valence-corrected chi connectivity index (χ4v) is 1.47. The molecule has 0 saturated carbocycles. The Morgan fingerprint density at radius 2 is 1.80 bits per heavy atom. The van der Waals surface area contributed by atoms with Gasteiger partial charge in [0.1, 0.15) is 0 Å². The summed E-state index contributed by atoms with van der Waals surface area (Å²) < 4.78 is 0. The molecule has 0 aliphatic carbocycles. The SMILES string of the molecule is [CH2]N(C(N)=O)c1ccc2ccccc2c1. The van der Waals surface area contributed by atoms with Crippen molar-refractivity contribution in [2.45, 2.75) is 0 Å². The Labute approximate surface area is 88.1 Å². The molecule has 2 aromatic carbocycles. The zero-order valence-electron chi connectivity index (χ0n) is 8.18. The number of anilines is 1. The summed E-state index contributed by atoms with van der Waals surface area (Å²) in [6.45, 7) is 0. The fraction of sp³-hybridized carbons (Fsp3) is 0. The van der Waals surface area contributed by atoms with Crippen molar-refractivity contribution < 1.29 is 4.79 Å². The Morgan fingerprint density at radius 3 is 2.47 bits per heavy atom. The van der Waals surface area contributed by atoms with Crippen molar-refractivity contribution in [1.29, 1.82) is 0 Å². The van der Waals surface area contributed by atoms with Crippen molar-refractivity contribution in [1.82, 2.24) is 0 Å². The number of urea groups is 1. The lowest BCUT2D eigenvalue weighted by molar-refractivity contribution is 0.255. The van der Waals surface area contributed by atoms with Crippen LogP contribution >= 0.6 is 0 Å². The maximum Gasteiger partial charge on any atom is 0.319 e. The molecule has 0 saturated heterocycles. The van der Waals surface area contributed by atoms with Crippen LogP contribution in [0.15, 0.2) is 42.5 Å². The van der Waals surface area contributed by atoms with Gasteiger partial charge in [-0.1, -0.05) is 30.3 Å². The second-order valence-corrected chi connectivity index (χ2v) is 3.30. The van der Waals surface area contributed by atoms with E-state index in [2.05, 4.69) is 7.05 Å². The summed E-state index contributed by atoms with van der Waals surface area (Å²) in [4.78, 5) is 12.1. The Bertz CT molecular complexity index is 508. The van der Waals surface area contributed by atoms with E-state index in [9.17, 15) is 4.79 Å². The molecule has 0 spiro atoms.